The number of anilines is 2. The lowest BCUT2D eigenvalue weighted by molar-refractivity contribution is 0.511. The van der Waals surface area contributed by atoms with Crippen LogP contribution < -0.4 is 11.1 Å². The SMILES string of the molecule is NCc1nnc(Nc2ccc(-c3ccccc3)cc2)o1. The lowest BCUT2D eigenvalue weighted by atomic mass is 10.1. The summed E-state index contributed by atoms with van der Waals surface area (Å²) in [5.74, 6) is 0.411. The van der Waals surface area contributed by atoms with Crippen LogP contribution in [-0.4, -0.2) is 10.2 Å². The minimum absolute atomic E-state index is 0.238. The van der Waals surface area contributed by atoms with Crippen LogP contribution in [0.4, 0.5) is 11.7 Å². The van der Waals surface area contributed by atoms with Gasteiger partial charge in [-0.15, -0.1) is 5.10 Å². The van der Waals surface area contributed by atoms with E-state index in [1.165, 1.54) is 5.56 Å². The number of nitrogens with two attached hydrogens (primary N) is 1. The quantitative estimate of drug-likeness (QED) is 0.759. The molecule has 3 N–H and O–H groups in total. The first-order valence-corrected chi connectivity index (χ1v) is 6.30. The normalized spacial score (nSPS) is 10.4. The van der Waals surface area contributed by atoms with Crippen molar-refractivity contribution >= 4 is 11.7 Å². The third-order valence-electron chi connectivity index (χ3n) is 2.88. The van der Waals surface area contributed by atoms with Crippen molar-refractivity contribution in [1.82, 2.24) is 10.2 Å². The molecule has 0 amide bonds. The Balaban J connectivity index is 1.76. The van der Waals surface area contributed by atoms with Crippen molar-refractivity contribution < 1.29 is 4.42 Å². The summed E-state index contributed by atoms with van der Waals surface area (Å²) in [5, 5.41) is 10.7. The van der Waals surface area contributed by atoms with Crippen LogP contribution in [0.1, 0.15) is 5.89 Å². The minimum Gasteiger partial charge on any atom is -0.406 e. The van der Waals surface area contributed by atoms with Gasteiger partial charge < -0.3 is 15.5 Å². The summed E-state index contributed by atoms with van der Waals surface area (Å²) < 4.78 is 5.29. The van der Waals surface area contributed by atoms with Gasteiger partial charge in [0.15, 0.2) is 0 Å². The van der Waals surface area contributed by atoms with Crippen molar-refractivity contribution in [3.05, 3.63) is 60.5 Å². The Labute approximate surface area is 116 Å². The van der Waals surface area contributed by atoms with Gasteiger partial charge in [-0.2, -0.15) is 0 Å². The molecule has 20 heavy (non-hydrogen) atoms. The summed E-state index contributed by atoms with van der Waals surface area (Å²) in [6.45, 7) is 0.238. The second-order valence-electron chi connectivity index (χ2n) is 4.27. The lowest BCUT2D eigenvalue weighted by Crippen LogP contribution is -1.95. The second kappa shape index (κ2) is 5.54. The van der Waals surface area contributed by atoms with Crippen LogP contribution in [0.5, 0.6) is 0 Å². The molecule has 3 aromatic rings. The molecule has 0 unspecified atom stereocenters. The standard InChI is InChI=1S/C15H14N4O/c16-10-14-18-19-15(20-14)17-13-8-6-12(7-9-13)11-4-2-1-3-5-11/h1-9H,10,16H2,(H,17,19). The minimum atomic E-state index is 0.238. The van der Waals surface area contributed by atoms with Crippen LogP contribution in [0, 0.1) is 0 Å². The zero-order valence-electron chi connectivity index (χ0n) is 10.8. The van der Waals surface area contributed by atoms with Crippen LogP contribution in [0.25, 0.3) is 11.1 Å². The second-order valence-corrected chi connectivity index (χ2v) is 4.27. The van der Waals surface area contributed by atoms with Crippen molar-refractivity contribution in [3.8, 4) is 11.1 Å². The van der Waals surface area contributed by atoms with Gasteiger partial charge in [-0.1, -0.05) is 47.6 Å². The Morgan fingerprint density at radius 3 is 2.25 bits per heavy atom. The highest BCUT2D eigenvalue weighted by Crippen LogP contribution is 2.22. The summed E-state index contributed by atoms with van der Waals surface area (Å²) in [7, 11) is 0. The number of nitrogens with one attached hydrogen (secondary N) is 1. The Morgan fingerprint density at radius 2 is 1.60 bits per heavy atom. The highest BCUT2D eigenvalue weighted by molar-refractivity contribution is 5.66. The molecular formula is C15H14N4O. The van der Waals surface area contributed by atoms with E-state index in [1.807, 2.05) is 42.5 Å². The van der Waals surface area contributed by atoms with E-state index < -0.39 is 0 Å². The molecule has 5 heteroatoms. The molecule has 0 saturated carbocycles. The van der Waals surface area contributed by atoms with E-state index in [9.17, 15) is 0 Å². The van der Waals surface area contributed by atoms with E-state index in [-0.39, 0.29) is 6.54 Å². The van der Waals surface area contributed by atoms with Gasteiger partial charge in [0.2, 0.25) is 5.89 Å². The monoisotopic (exact) mass is 266 g/mol. The average molecular weight is 266 g/mol. The maximum Gasteiger partial charge on any atom is 0.320 e. The summed E-state index contributed by atoms with van der Waals surface area (Å²) in [5.41, 5.74) is 8.64. The van der Waals surface area contributed by atoms with Gasteiger partial charge in [-0.3, -0.25) is 0 Å². The lowest BCUT2D eigenvalue weighted by Gasteiger charge is -2.04. The number of benzene rings is 2. The molecule has 3 rings (SSSR count). The van der Waals surface area contributed by atoms with Crippen LogP contribution in [0.2, 0.25) is 0 Å². The number of hydrogen-bond acceptors (Lipinski definition) is 5. The largest absolute Gasteiger partial charge is 0.406 e. The molecule has 0 aliphatic carbocycles. The zero-order chi connectivity index (χ0) is 13.8. The molecule has 1 aromatic heterocycles. The van der Waals surface area contributed by atoms with Crippen LogP contribution >= 0.6 is 0 Å². The first-order chi connectivity index (χ1) is 9.85. The zero-order valence-corrected chi connectivity index (χ0v) is 10.8. The molecule has 0 spiro atoms. The van der Waals surface area contributed by atoms with E-state index in [1.54, 1.807) is 0 Å². The fraction of sp³-hybridized carbons (Fsp3) is 0.0667. The Kier molecular flexibility index (Phi) is 3.43. The Bertz CT molecular complexity index is 677. The van der Waals surface area contributed by atoms with Crippen LogP contribution in [0.15, 0.2) is 59.0 Å². The summed E-state index contributed by atoms with van der Waals surface area (Å²) >= 11 is 0. The number of aromatic nitrogens is 2. The average Bonchev–Trinajstić information content (AvgIpc) is 2.97. The maximum atomic E-state index is 5.42. The molecule has 0 radical (unpaired) electrons. The van der Waals surface area contributed by atoms with Crippen molar-refractivity contribution in [2.45, 2.75) is 6.54 Å². The fourth-order valence-corrected chi connectivity index (χ4v) is 1.89. The predicted molar refractivity (Wildman–Crippen MR) is 77.4 cm³/mol. The Hall–Kier alpha value is -2.66. The molecule has 0 fully saturated rings. The number of nitrogens with zero attached hydrogens (tertiary/aromatic N) is 2. The molecule has 0 bridgehead atoms. The molecular weight excluding hydrogens is 252 g/mol. The number of rotatable bonds is 4. The third-order valence-corrected chi connectivity index (χ3v) is 2.88. The van der Waals surface area contributed by atoms with E-state index in [2.05, 4.69) is 27.6 Å². The third kappa shape index (κ3) is 2.67. The fourth-order valence-electron chi connectivity index (χ4n) is 1.89. The van der Waals surface area contributed by atoms with Crippen LogP contribution in [-0.2, 0) is 6.54 Å². The smallest absolute Gasteiger partial charge is 0.320 e. The topological polar surface area (TPSA) is 77.0 Å². The first kappa shape index (κ1) is 12.4. The highest BCUT2D eigenvalue weighted by Gasteiger charge is 2.04. The van der Waals surface area contributed by atoms with Gasteiger partial charge in [0, 0.05) is 5.69 Å². The van der Waals surface area contributed by atoms with Gasteiger partial charge in [-0.25, -0.2) is 0 Å². The van der Waals surface area contributed by atoms with E-state index in [0.717, 1.165) is 11.3 Å². The molecule has 0 aliphatic heterocycles. The van der Waals surface area contributed by atoms with Gasteiger partial charge in [0.05, 0.1) is 6.54 Å². The van der Waals surface area contributed by atoms with E-state index >= 15 is 0 Å². The Morgan fingerprint density at radius 1 is 0.900 bits per heavy atom. The van der Waals surface area contributed by atoms with E-state index in [0.29, 0.717) is 11.9 Å². The summed E-state index contributed by atoms with van der Waals surface area (Å²) in [6, 6.07) is 18.6. The van der Waals surface area contributed by atoms with Crippen molar-refractivity contribution in [3.63, 3.8) is 0 Å². The van der Waals surface area contributed by atoms with Gasteiger partial charge >= 0.3 is 6.01 Å². The molecule has 0 saturated heterocycles. The molecule has 100 valence electrons. The summed E-state index contributed by atoms with van der Waals surface area (Å²) in [6.07, 6.45) is 0. The molecule has 2 aromatic carbocycles. The van der Waals surface area contributed by atoms with Crippen molar-refractivity contribution in [2.24, 2.45) is 5.73 Å². The molecule has 1 heterocycles. The first-order valence-electron chi connectivity index (χ1n) is 6.30. The van der Waals surface area contributed by atoms with Gasteiger partial charge in [0.1, 0.15) is 0 Å². The molecule has 0 aliphatic rings. The van der Waals surface area contributed by atoms with Crippen molar-refractivity contribution in [1.29, 1.82) is 0 Å². The van der Waals surface area contributed by atoms with E-state index in [4.69, 9.17) is 10.2 Å². The summed E-state index contributed by atoms with van der Waals surface area (Å²) in [4.78, 5) is 0. The van der Waals surface area contributed by atoms with Crippen molar-refractivity contribution in [2.75, 3.05) is 5.32 Å². The maximum absolute atomic E-state index is 5.42. The molecule has 0 atom stereocenters. The molecule has 5 nitrogen and oxygen atoms in total. The van der Waals surface area contributed by atoms with Gasteiger partial charge in [-0.05, 0) is 23.3 Å². The van der Waals surface area contributed by atoms with Crippen LogP contribution in [0.3, 0.4) is 0 Å². The van der Waals surface area contributed by atoms with Gasteiger partial charge in [0.25, 0.3) is 0 Å². The number of hydrogen-bond donors (Lipinski definition) is 2. The highest BCUT2D eigenvalue weighted by atomic mass is 16.4. The predicted octanol–water partition coefficient (Wildman–Crippen LogP) is 2.94.